The summed E-state index contributed by atoms with van der Waals surface area (Å²) in [6, 6.07) is 15.0. The van der Waals surface area contributed by atoms with Crippen molar-refractivity contribution in [2.24, 2.45) is 16.7 Å². The van der Waals surface area contributed by atoms with Crippen LogP contribution in [0.4, 0.5) is 0 Å². The Bertz CT molecular complexity index is 1620. The summed E-state index contributed by atoms with van der Waals surface area (Å²) in [7, 11) is 0. The van der Waals surface area contributed by atoms with Gasteiger partial charge in [0.15, 0.2) is 0 Å². The van der Waals surface area contributed by atoms with Gasteiger partial charge in [0, 0.05) is 115 Å². The second-order valence-electron chi connectivity index (χ2n) is 17.6. The number of hydrogen-bond acceptors (Lipinski definition) is 8. The predicted octanol–water partition coefficient (Wildman–Crippen LogP) is 5.28. The number of hydrogen-bond donors (Lipinski definition) is 4. The Balaban J connectivity index is 1.61. The molecular formula is C45H72N8O4. The Labute approximate surface area is 343 Å². The second-order valence-corrected chi connectivity index (χ2v) is 17.6. The predicted molar refractivity (Wildman–Crippen MR) is 230 cm³/mol. The molecule has 2 aromatic rings. The summed E-state index contributed by atoms with van der Waals surface area (Å²) < 4.78 is 0. The van der Waals surface area contributed by atoms with E-state index < -0.39 is 0 Å². The third-order valence-corrected chi connectivity index (χ3v) is 9.90. The van der Waals surface area contributed by atoms with E-state index in [2.05, 4.69) is 86.5 Å². The van der Waals surface area contributed by atoms with Crippen LogP contribution in [-0.4, -0.2) is 115 Å². The van der Waals surface area contributed by atoms with Crippen LogP contribution in [0.2, 0.25) is 0 Å². The van der Waals surface area contributed by atoms with Gasteiger partial charge in [-0.2, -0.15) is 0 Å². The number of rotatable bonds is 21. The molecular weight excluding hydrogens is 717 g/mol. The van der Waals surface area contributed by atoms with Crippen molar-refractivity contribution in [3.63, 3.8) is 0 Å². The molecule has 316 valence electrons. The molecule has 12 heteroatoms. The first kappa shape index (κ1) is 47.0. The molecule has 0 bridgehead atoms. The maximum Gasteiger partial charge on any atom is 0.257 e. The second kappa shape index (κ2) is 22.5. The molecule has 1 heterocycles. The van der Waals surface area contributed by atoms with Crippen LogP contribution in [0.5, 0.6) is 0 Å². The van der Waals surface area contributed by atoms with E-state index in [0.717, 1.165) is 43.1 Å². The average Bonchev–Trinajstić information content (AvgIpc) is 3.17. The Morgan fingerprint density at radius 2 is 1.33 bits per heavy atom. The molecule has 0 radical (unpaired) electrons. The van der Waals surface area contributed by atoms with Crippen molar-refractivity contribution in [2.45, 2.75) is 88.7 Å². The molecule has 4 N–H and O–H groups in total. The van der Waals surface area contributed by atoms with Crippen LogP contribution in [0, 0.1) is 16.7 Å². The Morgan fingerprint density at radius 1 is 0.772 bits per heavy atom. The van der Waals surface area contributed by atoms with Crippen molar-refractivity contribution in [1.82, 2.24) is 40.9 Å². The minimum atomic E-state index is -0.246. The molecule has 1 aliphatic rings. The van der Waals surface area contributed by atoms with Gasteiger partial charge in [-0.1, -0.05) is 72.7 Å². The number of benzene rings is 2. The van der Waals surface area contributed by atoms with Gasteiger partial charge in [-0.05, 0) is 66.5 Å². The normalized spacial score (nSPS) is 13.8. The maximum atomic E-state index is 13.8. The summed E-state index contributed by atoms with van der Waals surface area (Å²) in [6.07, 6.45) is 2.57. The number of carbonyl (C=O) groups excluding carboxylic acids is 4. The lowest BCUT2D eigenvalue weighted by Gasteiger charge is -2.40. The van der Waals surface area contributed by atoms with E-state index in [0.29, 0.717) is 76.5 Å². The van der Waals surface area contributed by atoms with E-state index in [1.54, 1.807) is 4.90 Å². The zero-order valence-electron chi connectivity index (χ0n) is 36.6. The molecule has 4 amide bonds. The summed E-state index contributed by atoms with van der Waals surface area (Å²) in [4.78, 5) is 60.4. The Morgan fingerprint density at radius 3 is 1.88 bits per heavy atom. The van der Waals surface area contributed by atoms with Crippen LogP contribution in [0.25, 0.3) is 0 Å². The van der Waals surface area contributed by atoms with E-state index in [1.165, 1.54) is 6.92 Å². The van der Waals surface area contributed by atoms with Crippen LogP contribution in [0.3, 0.4) is 0 Å². The van der Waals surface area contributed by atoms with Gasteiger partial charge in [0.05, 0.1) is 0 Å². The van der Waals surface area contributed by atoms with Crippen LogP contribution in [0.15, 0.2) is 60.6 Å². The molecule has 0 saturated carbocycles. The van der Waals surface area contributed by atoms with Gasteiger partial charge >= 0.3 is 0 Å². The van der Waals surface area contributed by atoms with E-state index >= 15 is 0 Å². The molecule has 0 saturated heterocycles. The van der Waals surface area contributed by atoms with E-state index in [-0.39, 0.29) is 40.4 Å². The third-order valence-electron chi connectivity index (χ3n) is 9.90. The first-order valence-corrected chi connectivity index (χ1v) is 20.8. The Kier molecular flexibility index (Phi) is 18.5. The molecule has 12 nitrogen and oxygen atoms in total. The van der Waals surface area contributed by atoms with Gasteiger partial charge in [0.2, 0.25) is 11.8 Å². The monoisotopic (exact) mass is 789 g/mol. The van der Waals surface area contributed by atoms with Crippen molar-refractivity contribution >= 4 is 23.6 Å². The molecule has 0 aliphatic carbocycles. The number of carbonyl (C=O) groups is 4. The zero-order chi connectivity index (χ0) is 42.2. The molecule has 3 rings (SSSR count). The number of amides is 4. The van der Waals surface area contributed by atoms with E-state index in [4.69, 9.17) is 0 Å². The highest BCUT2D eigenvalue weighted by Gasteiger charge is 2.26. The smallest absolute Gasteiger partial charge is 0.257 e. The number of nitrogens with one attached hydrogen (secondary N) is 4. The summed E-state index contributed by atoms with van der Waals surface area (Å²) >= 11 is 0. The number of likely N-dealkylation sites (N-methyl/N-ethyl adjacent to an activating group) is 1. The lowest BCUT2D eigenvalue weighted by molar-refractivity contribution is -0.125. The SMILES string of the molecule is CCN(CC[C@H](C)C(=O)NCc1cccc(C(=O)N(CCNCC(C)(C)C)CCNCC(C)(C)C)c1)C1=CN(C(=O)c2cccc(CNC(C)=O)c2)CCN1CC. The van der Waals surface area contributed by atoms with Crippen molar-refractivity contribution in [3.05, 3.63) is 82.8 Å². The highest BCUT2D eigenvalue weighted by molar-refractivity contribution is 5.95. The first-order valence-electron chi connectivity index (χ1n) is 20.8. The molecule has 0 aromatic heterocycles. The van der Waals surface area contributed by atoms with E-state index in [9.17, 15) is 19.2 Å². The van der Waals surface area contributed by atoms with Gasteiger partial charge in [-0.3, -0.25) is 19.2 Å². The fourth-order valence-corrected chi connectivity index (χ4v) is 6.54. The molecule has 0 spiro atoms. The minimum absolute atomic E-state index is 0.0137. The molecule has 0 fully saturated rings. The lowest BCUT2D eigenvalue weighted by atomic mass is 9.97. The first-order chi connectivity index (χ1) is 26.9. The molecule has 1 aliphatic heterocycles. The molecule has 1 atom stereocenters. The average molecular weight is 789 g/mol. The standard InChI is InChI=1S/C45H72N8O4/c1-11-50(40-31-53(26-25-51(40)12-2)43(57)39-18-13-15-36(27-39)29-48-35(4)54)22-19-34(3)41(55)49-30-37-16-14-17-38(28-37)42(56)52(23-20-46-32-44(5,6)7)24-21-47-33-45(8,9)10/h13-18,27-28,31,34,46-47H,11-12,19-26,29-30,32-33H2,1-10H3,(H,48,54)(H,49,55)/t34-/m0/s1. The quantitative estimate of drug-likeness (QED) is 0.126. The highest BCUT2D eigenvalue weighted by atomic mass is 16.2. The Hall–Kier alpha value is -4.42. The van der Waals surface area contributed by atoms with Crippen LogP contribution in [0.1, 0.15) is 108 Å². The summed E-state index contributed by atoms with van der Waals surface area (Å²) in [5.41, 5.74) is 3.26. The topological polar surface area (TPSA) is 129 Å². The lowest BCUT2D eigenvalue weighted by Crippen LogP contribution is -2.46. The van der Waals surface area contributed by atoms with Gasteiger partial charge < -0.3 is 40.9 Å². The molecule has 0 unspecified atom stereocenters. The summed E-state index contributed by atoms with van der Waals surface area (Å²) in [5.74, 6) is 0.459. The van der Waals surface area contributed by atoms with Gasteiger partial charge in [0.25, 0.3) is 11.8 Å². The van der Waals surface area contributed by atoms with Crippen molar-refractivity contribution in [3.8, 4) is 0 Å². The van der Waals surface area contributed by atoms with Crippen molar-refractivity contribution < 1.29 is 19.2 Å². The van der Waals surface area contributed by atoms with E-state index in [1.807, 2.05) is 66.6 Å². The zero-order valence-corrected chi connectivity index (χ0v) is 36.6. The van der Waals surface area contributed by atoms with Crippen molar-refractivity contribution in [1.29, 1.82) is 0 Å². The maximum absolute atomic E-state index is 13.8. The van der Waals surface area contributed by atoms with Crippen molar-refractivity contribution in [2.75, 3.05) is 72.0 Å². The largest absolute Gasteiger partial charge is 0.357 e. The molecule has 57 heavy (non-hydrogen) atoms. The highest BCUT2D eigenvalue weighted by Crippen LogP contribution is 2.21. The minimum Gasteiger partial charge on any atom is -0.357 e. The van der Waals surface area contributed by atoms with Gasteiger partial charge in [0.1, 0.15) is 5.82 Å². The summed E-state index contributed by atoms with van der Waals surface area (Å²) in [6.45, 7) is 29.3. The van der Waals surface area contributed by atoms with Crippen LogP contribution < -0.4 is 21.3 Å². The fourth-order valence-electron chi connectivity index (χ4n) is 6.54. The summed E-state index contributed by atoms with van der Waals surface area (Å²) in [5, 5.41) is 12.9. The number of nitrogens with zero attached hydrogens (tertiary/aromatic N) is 4. The third kappa shape index (κ3) is 16.5. The van der Waals surface area contributed by atoms with Crippen LogP contribution in [-0.2, 0) is 22.7 Å². The van der Waals surface area contributed by atoms with Gasteiger partial charge in [-0.15, -0.1) is 0 Å². The molecule has 2 aromatic carbocycles. The fraction of sp³-hybridized carbons (Fsp3) is 0.600. The van der Waals surface area contributed by atoms with Crippen LogP contribution >= 0.6 is 0 Å². The van der Waals surface area contributed by atoms with Gasteiger partial charge in [-0.25, -0.2) is 0 Å².